The zero-order chi connectivity index (χ0) is 16.9. The van der Waals surface area contributed by atoms with Crippen molar-refractivity contribution in [2.75, 3.05) is 5.32 Å². The molecule has 0 fully saturated rings. The monoisotopic (exact) mass is 321 g/mol. The molecule has 0 saturated heterocycles. The van der Waals surface area contributed by atoms with E-state index in [1.165, 1.54) is 6.07 Å². The van der Waals surface area contributed by atoms with Gasteiger partial charge >= 0.3 is 5.63 Å². The van der Waals surface area contributed by atoms with Gasteiger partial charge in [0.25, 0.3) is 0 Å². The lowest BCUT2D eigenvalue weighted by atomic mass is 10.1. The van der Waals surface area contributed by atoms with Crippen LogP contribution in [0.1, 0.15) is 23.2 Å². The number of para-hydroxylation sites is 1. The van der Waals surface area contributed by atoms with Gasteiger partial charge in [0.15, 0.2) is 5.78 Å². The number of hydrogen-bond donors (Lipinski definition) is 1. The van der Waals surface area contributed by atoms with Crippen molar-refractivity contribution in [2.45, 2.75) is 12.8 Å². The highest BCUT2D eigenvalue weighted by Gasteiger charge is 2.11. The van der Waals surface area contributed by atoms with Gasteiger partial charge in [-0.1, -0.05) is 42.5 Å². The quantitative estimate of drug-likeness (QED) is 0.577. The summed E-state index contributed by atoms with van der Waals surface area (Å²) < 4.78 is 5.08. The summed E-state index contributed by atoms with van der Waals surface area (Å²) in [6.07, 6.45) is 0.150. The second kappa shape index (κ2) is 6.91. The summed E-state index contributed by atoms with van der Waals surface area (Å²) in [6.45, 7) is 0. The van der Waals surface area contributed by atoms with Crippen LogP contribution in [0.2, 0.25) is 0 Å². The number of amides is 1. The maximum absolute atomic E-state index is 12.1. The molecule has 5 nitrogen and oxygen atoms in total. The summed E-state index contributed by atoms with van der Waals surface area (Å²) in [5.74, 6) is -0.418. The summed E-state index contributed by atoms with van der Waals surface area (Å²) in [5.41, 5.74) is 0.833. The second-order valence-corrected chi connectivity index (χ2v) is 5.31. The predicted molar refractivity (Wildman–Crippen MR) is 91.1 cm³/mol. The first-order valence-electron chi connectivity index (χ1n) is 7.54. The highest BCUT2D eigenvalue weighted by molar-refractivity contribution is 6.03. The first-order valence-corrected chi connectivity index (χ1v) is 7.54. The lowest BCUT2D eigenvalue weighted by Gasteiger charge is -2.07. The van der Waals surface area contributed by atoms with Gasteiger partial charge in [0, 0.05) is 29.9 Å². The summed E-state index contributed by atoms with van der Waals surface area (Å²) in [5, 5.41) is 3.32. The molecule has 2 aromatic carbocycles. The van der Waals surface area contributed by atoms with Crippen LogP contribution in [0.4, 0.5) is 5.69 Å². The molecule has 3 aromatic rings. The van der Waals surface area contributed by atoms with Gasteiger partial charge in [-0.2, -0.15) is 0 Å². The van der Waals surface area contributed by atoms with E-state index < -0.39 is 5.63 Å². The Hall–Kier alpha value is -3.21. The molecule has 1 N–H and O–H groups in total. The van der Waals surface area contributed by atoms with Gasteiger partial charge in [-0.3, -0.25) is 9.59 Å². The van der Waals surface area contributed by atoms with E-state index in [2.05, 4.69) is 5.32 Å². The summed E-state index contributed by atoms with van der Waals surface area (Å²) in [4.78, 5) is 35.7. The Kier molecular flexibility index (Phi) is 4.52. The van der Waals surface area contributed by atoms with Gasteiger partial charge in [0.05, 0.1) is 5.69 Å². The largest absolute Gasteiger partial charge is 0.423 e. The smallest absolute Gasteiger partial charge is 0.338 e. The highest BCUT2D eigenvalue weighted by atomic mass is 16.4. The molecule has 0 unspecified atom stereocenters. The van der Waals surface area contributed by atoms with Crippen LogP contribution in [0.15, 0.2) is 69.9 Å². The van der Waals surface area contributed by atoms with Crippen LogP contribution in [0.25, 0.3) is 11.0 Å². The molecule has 1 aromatic heterocycles. The van der Waals surface area contributed by atoms with E-state index in [0.29, 0.717) is 22.2 Å². The normalized spacial score (nSPS) is 10.5. The Morgan fingerprint density at radius 2 is 1.62 bits per heavy atom. The van der Waals surface area contributed by atoms with E-state index in [4.69, 9.17) is 4.42 Å². The van der Waals surface area contributed by atoms with Crippen LogP contribution in [0, 0.1) is 0 Å². The minimum absolute atomic E-state index is 0.0439. The molecule has 1 amide bonds. The van der Waals surface area contributed by atoms with Crippen LogP contribution >= 0.6 is 0 Å². The number of carbonyl (C=O) groups is 2. The number of rotatable bonds is 5. The van der Waals surface area contributed by atoms with E-state index >= 15 is 0 Å². The van der Waals surface area contributed by atoms with Gasteiger partial charge in [0.1, 0.15) is 5.58 Å². The summed E-state index contributed by atoms with van der Waals surface area (Å²) >= 11 is 0. The molecule has 0 saturated carbocycles. The van der Waals surface area contributed by atoms with Crippen LogP contribution in [-0.4, -0.2) is 11.7 Å². The molecule has 0 aliphatic carbocycles. The van der Waals surface area contributed by atoms with Crippen molar-refractivity contribution in [2.24, 2.45) is 0 Å². The lowest BCUT2D eigenvalue weighted by molar-refractivity contribution is -0.116. The lowest BCUT2D eigenvalue weighted by Crippen LogP contribution is -2.15. The molecule has 1 heterocycles. The predicted octanol–water partition coefficient (Wildman–Crippen LogP) is 3.39. The van der Waals surface area contributed by atoms with Gasteiger partial charge in [-0.15, -0.1) is 0 Å². The van der Waals surface area contributed by atoms with Crippen LogP contribution in [0.3, 0.4) is 0 Å². The molecule has 0 aliphatic rings. The Bertz CT molecular complexity index is 944. The minimum Gasteiger partial charge on any atom is -0.423 e. The van der Waals surface area contributed by atoms with Gasteiger partial charge in [-0.25, -0.2) is 4.79 Å². The van der Waals surface area contributed by atoms with Gasteiger partial charge in [0.2, 0.25) is 5.91 Å². The van der Waals surface area contributed by atoms with Crippen LogP contribution in [0.5, 0.6) is 0 Å². The number of carbonyl (C=O) groups excluding carboxylic acids is 2. The fourth-order valence-electron chi connectivity index (χ4n) is 2.42. The Morgan fingerprint density at radius 3 is 2.42 bits per heavy atom. The first kappa shape index (κ1) is 15.7. The number of hydrogen-bond acceptors (Lipinski definition) is 4. The molecule has 3 rings (SSSR count). The average Bonchev–Trinajstić information content (AvgIpc) is 2.60. The van der Waals surface area contributed by atoms with Crippen molar-refractivity contribution in [3.05, 3.63) is 76.6 Å². The fraction of sp³-hybridized carbons (Fsp3) is 0.105. The van der Waals surface area contributed by atoms with Crippen molar-refractivity contribution in [3.8, 4) is 0 Å². The van der Waals surface area contributed by atoms with Crippen molar-refractivity contribution in [1.29, 1.82) is 0 Å². The molecular formula is C19H15NO4. The molecule has 24 heavy (non-hydrogen) atoms. The van der Waals surface area contributed by atoms with Crippen molar-refractivity contribution < 1.29 is 14.0 Å². The Labute approximate surface area is 137 Å². The molecule has 0 atom stereocenters. The Balaban J connectivity index is 1.70. The van der Waals surface area contributed by atoms with E-state index in [0.717, 1.165) is 0 Å². The maximum Gasteiger partial charge on any atom is 0.338 e. The molecule has 0 aliphatic heterocycles. The van der Waals surface area contributed by atoms with E-state index in [1.807, 2.05) is 6.07 Å². The SMILES string of the molecule is O=C(CCC(=O)c1ccccc1)Nc1cc(=O)oc2ccccc12. The van der Waals surface area contributed by atoms with Crippen molar-refractivity contribution in [1.82, 2.24) is 0 Å². The van der Waals surface area contributed by atoms with Crippen molar-refractivity contribution in [3.63, 3.8) is 0 Å². The zero-order valence-electron chi connectivity index (χ0n) is 12.8. The first-order chi connectivity index (χ1) is 11.6. The third-order valence-corrected chi connectivity index (χ3v) is 3.60. The minimum atomic E-state index is -0.538. The van der Waals surface area contributed by atoms with Gasteiger partial charge < -0.3 is 9.73 Å². The Morgan fingerprint density at radius 1 is 0.917 bits per heavy atom. The second-order valence-electron chi connectivity index (χ2n) is 5.31. The number of anilines is 1. The zero-order valence-corrected chi connectivity index (χ0v) is 12.8. The molecular weight excluding hydrogens is 306 g/mol. The third-order valence-electron chi connectivity index (χ3n) is 3.60. The fourth-order valence-corrected chi connectivity index (χ4v) is 2.42. The van der Waals surface area contributed by atoms with Crippen LogP contribution < -0.4 is 10.9 Å². The summed E-state index contributed by atoms with van der Waals surface area (Å²) in [6, 6.07) is 17.0. The average molecular weight is 321 g/mol. The van der Waals surface area contributed by atoms with E-state index in [1.54, 1.807) is 48.5 Å². The highest BCUT2D eigenvalue weighted by Crippen LogP contribution is 2.21. The molecule has 0 radical (unpaired) electrons. The molecule has 0 spiro atoms. The third kappa shape index (κ3) is 3.57. The molecule has 5 heteroatoms. The number of nitrogens with one attached hydrogen (secondary N) is 1. The van der Waals surface area contributed by atoms with Crippen molar-refractivity contribution >= 4 is 28.3 Å². The molecule has 0 bridgehead atoms. The number of fused-ring (bicyclic) bond motifs is 1. The molecule has 120 valence electrons. The van der Waals surface area contributed by atoms with Gasteiger partial charge in [-0.05, 0) is 12.1 Å². The van der Waals surface area contributed by atoms with E-state index in [9.17, 15) is 14.4 Å². The number of Topliss-reactive ketones (excluding diaryl/α,β-unsaturated/α-hetero) is 1. The summed E-state index contributed by atoms with van der Waals surface area (Å²) in [7, 11) is 0. The number of ketones is 1. The van der Waals surface area contributed by atoms with Crippen LogP contribution in [-0.2, 0) is 4.79 Å². The maximum atomic E-state index is 12.1. The number of benzene rings is 2. The topological polar surface area (TPSA) is 76.4 Å². The standard InChI is InChI=1S/C19H15NO4/c21-16(13-6-2-1-3-7-13)10-11-18(22)20-15-12-19(23)24-17-9-5-4-8-14(15)17/h1-9,12H,10-11H2,(H,20,22). The van der Waals surface area contributed by atoms with E-state index in [-0.39, 0.29) is 24.5 Å².